The van der Waals surface area contributed by atoms with Gasteiger partial charge in [0.05, 0.1) is 18.6 Å². The van der Waals surface area contributed by atoms with Gasteiger partial charge in [0.1, 0.15) is 0 Å². The normalized spacial score (nSPS) is 25.9. The molecule has 3 N–H and O–H groups in total. The van der Waals surface area contributed by atoms with E-state index in [0.717, 1.165) is 19.4 Å². The highest BCUT2D eigenvalue weighted by Crippen LogP contribution is 2.23. The number of carbonyl (C=O) groups is 1. The molecule has 16 heavy (non-hydrogen) atoms. The fourth-order valence-electron chi connectivity index (χ4n) is 1.81. The van der Waals surface area contributed by atoms with E-state index in [-0.39, 0.29) is 18.1 Å². The molecule has 0 aromatic rings. The summed E-state index contributed by atoms with van der Waals surface area (Å²) in [7, 11) is 1.57. The molecule has 5 heteroatoms. The predicted octanol–water partition coefficient (Wildman–Crippen LogP) is 0.0339. The second-order valence-electron chi connectivity index (χ2n) is 4.11. The van der Waals surface area contributed by atoms with E-state index in [1.807, 2.05) is 6.92 Å². The molecule has 1 aliphatic rings. The first-order valence-corrected chi connectivity index (χ1v) is 5.83. The van der Waals surface area contributed by atoms with Crippen molar-refractivity contribution in [1.29, 1.82) is 0 Å². The third kappa shape index (κ3) is 4.08. The van der Waals surface area contributed by atoms with Crippen LogP contribution >= 0.6 is 0 Å². The third-order valence-corrected chi connectivity index (χ3v) is 2.87. The van der Waals surface area contributed by atoms with Crippen molar-refractivity contribution < 1.29 is 14.3 Å². The summed E-state index contributed by atoms with van der Waals surface area (Å²) in [6, 6.07) is 0.263. The van der Waals surface area contributed by atoms with Gasteiger partial charge < -0.3 is 20.5 Å². The van der Waals surface area contributed by atoms with Crippen LogP contribution in [0, 0.1) is 0 Å². The first-order valence-electron chi connectivity index (χ1n) is 5.83. The minimum atomic E-state index is -0.178. The summed E-state index contributed by atoms with van der Waals surface area (Å²) < 4.78 is 10.5. The van der Waals surface area contributed by atoms with Crippen LogP contribution in [0.15, 0.2) is 0 Å². The van der Waals surface area contributed by atoms with Crippen LogP contribution < -0.4 is 11.1 Å². The Bertz CT molecular complexity index is 213. The fourth-order valence-corrected chi connectivity index (χ4v) is 1.81. The molecule has 0 radical (unpaired) electrons. The number of rotatable bonds is 7. The van der Waals surface area contributed by atoms with E-state index >= 15 is 0 Å². The van der Waals surface area contributed by atoms with Gasteiger partial charge in [-0.1, -0.05) is 0 Å². The Morgan fingerprint density at radius 1 is 1.56 bits per heavy atom. The lowest BCUT2D eigenvalue weighted by Crippen LogP contribution is -2.48. The van der Waals surface area contributed by atoms with Crippen LogP contribution in [-0.2, 0) is 14.3 Å². The predicted molar refractivity (Wildman–Crippen MR) is 61.0 cm³/mol. The zero-order chi connectivity index (χ0) is 12.0. The summed E-state index contributed by atoms with van der Waals surface area (Å²) in [6.07, 6.45) is 2.31. The lowest BCUT2D eigenvalue weighted by molar-refractivity contribution is -0.126. The highest BCUT2D eigenvalue weighted by molar-refractivity contribution is 5.76. The molecule has 1 rings (SSSR count). The Morgan fingerprint density at radius 3 is 2.75 bits per heavy atom. The Kier molecular flexibility index (Phi) is 5.73. The molecule has 0 aromatic carbocycles. The second-order valence-corrected chi connectivity index (χ2v) is 4.11. The van der Waals surface area contributed by atoms with Gasteiger partial charge in [-0.25, -0.2) is 0 Å². The molecule has 5 nitrogen and oxygen atoms in total. The lowest BCUT2D eigenvalue weighted by Gasteiger charge is -2.35. The van der Waals surface area contributed by atoms with Crippen molar-refractivity contribution in [2.45, 2.75) is 44.4 Å². The Morgan fingerprint density at radius 2 is 2.25 bits per heavy atom. The van der Waals surface area contributed by atoms with Gasteiger partial charge in [0.15, 0.2) is 0 Å². The smallest absolute Gasteiger partial charge is 0.222 e. The number of carbonyl (C=O) groups excluding carboxylic acids is 1. The third-order valence-electron chi connectivity index (χ3n) is 2.87. The van der Waals surface area contributed by atoms with Gasteiger partial charge in [-0.2, -0.15) is 0 Å². The molecule has 1 fully saturated rings. The van der Waals surface area contributed by atoms with Crippen molar-refractivity contribution >= 4 is 5.91 Å². The lowest BCUT2D eigenvalue weighted by atomic mass is 9.89. The highest BCUT2D eigenvalue weighted by atomic mass is 16.5. The van der Waals surface area contributed by atoms with Crippen LogP contribution in [0.4, 0.5) is 0 Å². The van der Waals surface area contributed by atoms with Crippen LogP contribution in [0.2, 0.25) is 0 Å². The molecule has 1 unspecified atom stereocenters. The number of amides is 1. The molecule has 0 saturated heterocycles. The molecule has 0 bridgehead atoms. The summed E-state index contributed by atoms with van der Waals surface area (Å²) >= 11 is 0. The van der Waals surface area contributed by atoms with Gasteiger partial charge in [0.2, 0.25) is 5.91 Å². The zero-order valence-electron chi connectivity index (χ0n) is 10.1. The molecule has 1 amide bonds. The average Bonchev–Trinajstić information content (AvgIpc) is 2.23. The maximum absolute atomic E-state index is 11.6. The fraction of sp³-hybridized carbons (Fsp3) is 0.909. The van der Waals surface area contributed by atoms with E-state index in [0.29, 0.717) is 19.1 Å². The van der Waals surface area contributed by atoms with E-state index < -0.39 is 0 Å². The highest BCUT2D eigenvalue weighted by Gasteiger charge is 2.30. The molecular weight excluding hydrogens is 208 g/mol. The zero-order valence-corrected chi connectivity index (χ0v) is 10.1. The van der Waals surface area contributed by atoms with Crippen molar-refractivity contribution in [2.24, 2.45) is 5.73 Å². The minimum absolute atomic E-state index is 0.0113. The molecule has 0 heterocycles. The Labute approximate surface area is 96.7 Å². The molecule has 94 valence electrons. The Hall–Kier alpha value is -0.650. The molecule has 0 aliphatic heterocycles. The summed E-state index contributed by atoms with van der Waals surface area (Å²) in [4.78, 5) is 11.6. The molecule has 1 aliphatic carbocycles. The molecule has 0 spiro atoms. The van der Waals surface area contributed by atoms with Crippen LogP contribution in [0.3, 0.4) is 0 Å². The van der Waals surface area contributed by atoms with E-state index in [9.17, 15) is 4.79 Å². The summed E-state index contributed by atoms with van der Waals surface area (Å²) in [5.74, 6) is 0.0113. The van der Waals surface area contributed by atoms with Crippen molar-refractivity contribution in [2.75, 3.05) is 20.3 Å². The van der Waals surface area contributed by atoms with Crippen molar-refractivity contribution in [3.05, 3.63) is 0 Å². The first kappa shape index (κ1) is 13.4. The van der Waals surface area contributed by atoms with Crippen LogP contribution in [0.25, 0.3) is 0 Å². The van der Waals surface area contributed by atoms with E-state index in [1.165, 1.54) is 0 Å². The maximum Gasteiger partial charge on any atom is 0.222 e. The molecule has 1 saturated carbocycles. The Balaban J connectivity index is 2.12. The average molecular weight is 230 g/mol. The summed E-state index contributed by atoms with van der Waals surface area (Å²) in [5, 5.41) is 2.95. The van der Waals surface area contributed by atoms with Crippen LogP contribution in [-0.4, -0.2) is 44.4 Å². The largest absolute Gasteiger partial charge is 0.380 e. The van der Waals surface area contributed by atoms with E-state index in [1.54, 1.807) is 7.11 Å². The number of hydrogen-bond acceptors (Lipinski definition) is 4. The minimum Gasteiger partial charge on any atom is -0.380 e. The summed E-state index contributed by atoms with van der Waals surface area (Å²) in [5.41, 5.74) is 5.45. The number of nitrogens with two attached hydrogens (primary N) is 1. The number of ether oxygens (including phenoxy) is 2. The van der Waals surface area contributed by atoms with Gasteiger partial charge in [0, 0.05) is 26.3 Å². The van der Waals surface area contributed by atoms with Gasteiger partial charge in [-0.15, -0.1) is 0 Å². The van der Waals surface area contributed by atoms with Crippen molar-refractivity contribution in [1.82, 2.24) is 5.32 Å². The number of hydrogen-bond donors (Lipinski definition) is 2. The SMILES string of the molecule is CCOC1CC(NC(=O)CC(CN)OC)C1. The quantitative estimate of drug-likeness (QED) is 0.647. The second kappa shape index (κ2) is 6.83. The van der Waals surface area contributed by atoms with Crippen LogP contribution in [0.5, 0.6) is 0 Å². The van der Waals surface area contributed by atoms with Crippen molar-refractivity contribution in [3.8, 4) is 0 Å². The monoisotopic (exact) mass is 230 g/mol. The van der Waals surface area contributed by atoms with Gasteiger partial charge in [-0.3, -0.25) is 4.79 Å². The van der Waals surface area contributed by atoms with Gasteiger partial charge in [0.25, 0.3) is 0 Å². The van der Waals surface area contributed by atoms with E-state index in [2.05, 4.69) is 5.32 Å². The summed E-state index contributed by atoms with van der Waals surface area (Å²) in [6.45, 7) is 3.09. The molecule has 1 atom stereocenters. The van der Waals surface area contributed by atoms with Gasteiger partial charge >= 0.3 is 0 Å². The molecule has 0 aromatic heterocycles. The standard InChI is InChI=1S/C11H22N2O3/c1-3-16-9-4-8(5-9)13-11(14)6-10(7-12)15-2/h8-10H,3-7,12H2,1-2H3,(H,13,14). The molecular formula is C11H22N2O3. The van der Waals surface area contributed by atoms with Gasteiger partial charge in [-0.05, 0) is 19.8 Å². The van der Waals surface area contributed by atoms with E-state index in [4.69, 9.17) is 15.2 Å². The van der Waals surface area contributed by atoms with Crippen LogP contribution in [0.1, 0.15) is 26.2 Å². The topological polar surface area (TPSA) is 73.6 Å². The van der Waals surface area contributed by atoms with Crippen molar-refractivity contribution in [3.63, 3.8) is 0 Å². The number of methoxy groups -OCH3 is 1. The number of nitrogens with one attached hydrogen (secondary N) is 1. The maximum atomic E-state index is 11.6. The first-order chi connectivity index (χ1) is 7.69.